The monoisotopic (exact) mass is 267 g/mol. The van der Waals surface area contributed by atoms with Gasteiger partial charge in [-0.3, -0.25) is 14.6 Å². The van der Waals surface area contributed by atoms with Crippen LogP contribution in [0, 0.1) is 6.92 Å². The van der Waals surface area contributed by atoms with Gasteiger partial charge in [0, 0.05) is 0 Å². The largest absolute Gasteiger partial charge is 0.474 e. The average Bonchev–Trinajstić information content (AvgIpc) is 2.33. The Labute approximate surface area is 106 Å². The van der Waals surface area contributed by atoms with E-state index in [1.54, 1.807) is 0 Å². The van der Waals surface area contributed by atoms with E-state index in [4.69, 9.17) is 10.2 Å². The summed E-state index contributed by atoms with van der Waals surface area (Å²) in [6, 6.07) is 0. The molecular formula is C10H9N3O6. The lowest BCUT2D eigenvalue weighted by molar-refractivity contribution is -0.147. The molecule has 4 N–H and O–H groups in total. The highest BCUT2D eigenvalue weighted by atomic mass is 16.4. The van der Waals surface area contributed by atoms with Gasteiger partial charge in [0.15, 0.2) is 0 Å². The van der Waals surface area contributed by atoms with Gasteiger partial charge in [-0.15, -0.1) is 0 Å². The summed E-state index contributed by atoms with van der Waals surface area (Å²) in [7, 11) is 0. The van der Waals surface area contributed by atoms with E-state index in [9.17, 15) is 19.2 Å². The lowest BCUT2D eigenvalue weighted by Gasteiger charge is -2.10. The number of aliphatic carboxylic acids is 2. The van der Waals surface area contributed by atoms with Crippen molar-refractivity contribution in [2.45, 2.75) is 6.92 Å². The Bertz CT molecular complexity index is 522. The van der Waals surface area contributed by atoms with Gasteiger partial charge in [-0.1, -0.05) is 0 Å². The molecule has 0 radical (unpaired) electrons. The van der Waals surface area contributed by atoms with Crippen molar-refractivity contribution in [1.29, 1.82) is 0 Å². The molecule has 1 rings (SSSR count). The van der Waals surface area contributed by atoms with Gasteiger partial charge in [0.1, 0.15) is 0 Å². The Balaban J connectivity index is 2.98. The number of hydrogen-bond acceptors (Lipinski definition) is 5. The lowest BCUT2D eigenvalue weighted by Crippen LogP contribution is -2.24. The van der Waals surface area contributed by atoms with Crippen LogP contribution in [0.1, 0.15) is 5.56 Å². The fourth-order valence-corrected chi connectivity index (χ4v) is 1.13. The molecule has 100 valence electrons. The molecule has 0 spiro atoms. The minimum atomic E-state index is -1.68. The maximum Gasteiger partial charge on any atom is 0.394 e. The molecule has 0 aliphatic carbocycles. The van der Waals surface area contributed by atoms with Gasteiger partial charge in [0.2, 0.25) is 0 Å². The molecular weight excluding hydrogens is 258 g/mol. The molecule has 0 aromatic carbocycles. The number of aromatic nitrogens is 1. The smallest absolute Gasteiger partial charge is 0.394 e. The highest BCUT2D eigenvalue weighted by Gasteiger charge is 2.17. The molecule has 9 heteroatoms. The van der Waals surface area contributed by atoms with Gasteiger partial charge in [0.25, 0.3) is 0 Å². The SMILES string of the molecule is Cc1c(NC(=O)C(=O)O)cncc1NC(=O)C(=O)O. The first-order valence-electron chi connectivity index (χ1n) is 4.86. The van der Waals surface area contributed by atoms with Crippen LogP contribution >= 0.6 is 0 Å². The second kappa shape index (κ2) is 5.58. The number of carboxylic acids is 2. The van der Waals surface area contributed by atoms with Crippen LogP contribution in [-0.4, -0.2) is 39.0 Å². The van der Waals surface area contributed by atoms with Crippen LogP contribution in [0.5, 0.6) is 0 Å². The van der Waals surface area contributed by atoms with Crippen molar-refractivity contribution in [3.8, 4) is 0 Å². The van der Waals surface area contributed by atoms with E-state index in [1.807, 2.05) is 0 Å². The van der Waals surface area contributed by atoms with E-state index >= 15 is 0 Å². The van der Waals surface area contributed by atoms with Gasteiger partial charge >= 0.3 is 23.8 Å². The highest BCUT2D eigenvalue weighted by molar-refractivity contribution is 6.37. The molecule has 9 nitrogen and oxygen atoms in total. The van der Waals surface area contributed by atoms with Crippen LogP contribution in [0.3, 0.4) is 0 Å². The molecule has 19 heavy (non-hydrogen) atoms. The molecule has 1 aromatic heterocycles. The molecule has 1 aromatic rings. The Morgan fingerprint density at radius 1 is 0.947 bits per heavy atom. The first kappa shape index (κ1) is 14.1. The summed E-state index contributed by atoms with van der Waals surface area (Å²) in [4.78, 5) is 46.4. The summed E-state index contributed by atoms with van der Waals surface area (Å²) in [6.07, 6.45) is 2.35. The molecule has 1 heterocycles. The zero-order valence-corrected chi connectivity index (χ0v) is 9.63. The zero-order valence-electron chi connectivity index (χ0n) is 9.63. The van der Waals surface area contributed by atoms with Crippen LogP contribution in [0.25, 0.3) is 0 Å². The Kier molecular flexibility index (Phi) is 4.14. The van der Waals surface area contributed by atoms with Crippen LogP contribution in [0.2, 0.25) is 0 Å². The molecule has 0 bridgehead atoms. The van der Waals surface area contributed by atoms with Gasteiger partial charge in [-0.25, -0.2) is 9.59 Å². The number of carbonyl (C=O) groups is 4. The normalized spacial score (nSPS) is 9.53. The highest BCUT2D eigenvalue weighted by Crippen LogP contribution is 2.21. The fraction of sp³-hybridized carbons (Fsp3) is 0.100. The molecule has 0 saturated carbocycles. The molecule has 0 fully saturated rings. The summed E-state index contributed by atoms with van der Waals surface area (Å²) in [6.45, 7) is 1.45. The Morgan fingerprint density at radius 3 is 1.63 bits per heavy atom. The second-order valence-corrected chi connectivity index (χ2v) is 3.38. The molecule has 0 saturated heterocycles. The number of carbonyl (C=O) groups excluding carboxylic acids is 2. The third kappa shape index (κ3) is 3.49. The second-order valence-electron chi connectivity index (χ2n) is 3.38. The topological polar surface area (TPSA) is 146 Å². The first-order chi connectivity index (χ1) is 8.82. The zero-order chi connectivity index (χ0) is 14.6. The maximum absolute atomic E-state index is 11.0. The number of nitrogens with one attached hydrogen (secondary N) is 2. The van der Waals surface area contributed by atoms with Gasteiger partial charge in [-0.05, 0) is 12.5 Å². The van der Waals surface area contributed by atoms with Crippen LogP contribution < -0.4 is 10.6 Å². The molecule has 0 atom stereocenters. The predicted octanol–water partition coefficient (Wildman–Crippen LogP) is -0.564. The number of anilines is 2. The van der Waals surface area contributed by atoms with Crippen molar-refractivity contribution in [2.75, 3.05) is 10.6 Å². The van der Waals surface area contributed by atoms with Gasteiger partial charge < -0.3 is 20.8 Å². The van der Waals surface area contributed by atoms with Crippen molar-refractivity contribution in [3.63, 3.8) is 0 Å². The van der Waals surface area contributed by atoms with E-state index in [2.05, 4.69) is 15.6 Å². The predicted molar refractivity (Wildman–Crippen MR) is 61.5 cm³/mol. The van der Waals surface area contributed by atoms with Crippen LogP contribution in [-0.2, 0) is 19.2 Å². The Hall–Kier alpha value is -2.97. The molecule has 0 unspecified atom stereocenters. The third-order valence-electron chi connectivity index (χ3n) is 2.10. The summed E-state index contributed by atoms with van der Waals surface area (Å²) in [5.74, 6) is -5.91. The number of amides is 2. The number of carboxylic acid groups (broad SMARTS) is 2. The van der Waals surface area contributed by atoms with E-state index in [-0.39, 0.29) is 16.9 Å². The minimum absolute atomic E-state index is 0.0515. The van der Waals surface area contributed by atoms with Gasteiger partial charge in [0.05, 0.1) is 23.8 Å². The van der Waals surface area contributed by atoms with E-state index in [1.165, 1.54) is 19.3 Å². The minimum Gasteiger partial charge on any atom is -0.474 e. The summed E-state index contributed by atoms with van der Waals surface area (Å²) >= 11 is 0. The van der Waals surface area contributed by atoms with E-state index < -0.39 is 23.8 Å². The van der Waals surface area contributed by atoms with E-state index in [0.29, 0.717) is 0 Å². The number of hydrogen-bond donors (Lipinski definition) is 4. The summed E-state index contributed by atoms with van der Waals surface area (Å²) < 4.78 is 0. The molecule has 2 amide bonds. The van der Waals surface area contributed by atoms with Crippen molar-refractivity contribution in [2.24, 2.45) is 0 Å². The maximum atomic E-state index is 11.0. The standard InChI is InChI=1S/C10H9N3O6/c1-4-5(12-7(14)9(16)17)2-11-3-6(4)13-8(15)10(18)19/h2-3H,1H3,(H,12,14)(H,13,15)(H,16,17)(H,18,19). The van der Waals surface area contributed by atoms with Crippen molar-refractivity contribution in [3.05, 3.63) is 18.0 Å². The lowest BCUT2D eigenvalue weighted by atomic mass is 10.2. The Morgan fingerprint density at radius 2 is 1.32 bits per heavy atom. The quantitative estimate of drug-likeness (QED) is 0.525. The average molecular weight is 267 g/mol. The van der Waals surface area contributed by atoms with E-state index in [0.717, 1.165) is 0 Å². The first-order valence-corrected chi connectivity index (χ1v) is 4.86. The molecule has 0 aliphatic rings. The number of nitrogens with zero attached hydrogens (tertiary/aromatic N) is 1. The number of rotatable bonds is 2. The summed E-state index contributed by atoms with van der Waals surface area (Å²) in [5, 5.41) is 21.0. The molecule has 0 aliphatic heterocycles. The van der Waals surface area contributed by atoms with Crippen LogP contribution in [0.15, 0.2) is 12.4 Å². The number of pyridine rings is 1. The van der Waals surface area contributed by atoms with Crippen molar-refractivity contribution < 1.29 is 29.4 Å². The van der Waals surface area contributed by atoms with Gasteiger partial charge in [-0.2, -0.15) is 0 Å². The van der Waals surface area contributed by atoms with Crippen molar-refractivity contribution >= 4 is 35.1 Å². The van der Waals surface area contributed by atoms with Crippen LogP contribution in [0.4, 0.5) is 11.4 Å². The fourth-order valence-electron chi connectivity index (χ4n) is 1.13. The van der Waals surface area contributed by atoms with Crippen molar-refractivity contribution in [1.82, 2.24) is 4.98 Å². The summed E-state index contributed by atoms with van der Waals surface area (Å²) in [5.41, 5.74) is 0.380. The third-order valence-corrected chi connectivity index (χ3v) is 2.10.